The lowest BCUT2D eigenvalue weighted by molar-refractivity contribution is 0.103. The van der Waals surface area contributed by atoms with Gasteiger partial charge in [0.1, 0.15) is 46.5 Å². The zero-order chi connectivity index (χ0) is 35.2. The van der Waals surface area contributed by atoms with Crippen molar-refractivity contribution in [2.24, 2.45) is 0 Å². The van der Waals surface area contributed by atoms with Gasteiger partial charge in [-0.1, -0.05) is 60.7 Å². The second-order valence-corrected chi connectivity index (χ2v) is 14.1. The number of benzene rings is 3. The van der Waals surface area contributed by atoms with Gasteiger partial charge in [0.25, 0.3) is 0 Å². The van der Waals surface area contributed by atoms with Gasteiger partial charge in [0.15, 0.2) is 11.6 Å². The lowest BCUT2D eigenvalue weighted by atomic mass is 9.99. The van der Waals surface area contributed by atoms with E-state index in [1.54, 1.807) is 60.7 Å². The van der Waals surface area contributed by atoms with Gasteiger partial charge in [0, 0.05) is 64.1 Å². The third kappa shape index (κ3) is 5.06. The van der Waals surface area contributed by atoms with Gasteiger partial charge >= 0.3 is 0 Å². The molecule has 51 heavy (non-hydrogen) atoms. The second kappa shape index (κ2) is 12.5. The van der Waals surface area contributed by atoms with Crippen LogP contribution in [-0.4, -0.2) is 20.3 Å². The monoisotopic (exact) mass is 708 g/mol. The second-order valence-electron chi connectivity index (χ2n) is 11.3. The van der Waals surface area contributed by atoms with E-state index in [4.69, 9.17) is 0 Å². The van der Waals surface area contributed by atoms with E-state index in [9.17, 15) is 30.6 Å². The number of allylic oxidation sites excluding steroid dienone is 6. The summed E-state index contributed by atoms with van der Waals surface area (Å²) >= 11 is 4.02. The Balaban J connectivity index is 1.15. The molecule has 0 radical (unpaired) electrons. The van der Waals surface area contributed by atoms with Gasteiger partial charge < -0.3 is 0 Å². The minimum atomic E-state index is -0.232. The van der Waals surface area contributed by atoms with E-state index in [-0.39, 0.29) is 22.7 Å². The van der Waals surface area contributed by atoms with Crippen molar-refractivity contribution in [1.29, 1.82) is 21.0 Å². The first-order valence-electron chi connectivity index (χ1n) is 15.2. The molecule has 8 rings (SSSR count). The molecule has 0 aliphatic heterocycles. The van der Waals surface area contributed by atoms with Crippen molar-refractivity contribution in [2.75, 3.05) is 0 Å². The number of nitriles is 4. The molecule has 0 bridgehead atoms. The van der Waals surface area contributed by atoms with E-state index in [1.165, 1.54) is 22.7 Å². The number of fused-ring (bicyclic) bond motifs is 3. The number of ketones is 2. The van der Waals surface area contributed by atoms with Crippen LogP contribution in [0.1, 0.15) is 41.6 Å². The van der Waals surface area contributed by atoms with E-state index in [0.717, 1.165) is 42.4 Å². The molecular formula is C40H16N6O2S3. The maximum absolute atomic E-state index is 13.4. The number of thiophene rings is 2. The molecule has 0 saturated heterocycles. The van der Waals surface area contributed by atoms with Crippen LogP contribution >= 0.6 is 34.4 Å². The Hall–Kier alpha value is -6.86. The molecule has 0 amide bonds. The normalized spacial score (nSPS) is 14.7. The third-order valence-corrected chi connectivity index (χ3v) is 11.3. The largest absolute Gasteiger partial charge is 0.289 e. The van der Waals surface area contributed by atoms with Gasteiger partial charge in [0.05, 0.1) is 11.7 Å². The first-order valence-corrected chi connectivity index (χ1v) is 17.6. The molecule has 0 fully saturated rings. The zero-order valence-corrected chi connectivity index (χ0v) is 28.4. The van der Waals surface area contributed by atoms with Crippen LogP contribution in [0.25, 0.3) is 55.2 Å². The highest BCUT2D eigenvalue weighted by Crippen LogP contribution is 2.44. The molecule has 0 saturated carbocycles. The fourth-order valence-corrected chi connectivity index (χ4v) is 8.92. The van der Waals surface area contributed by atoms with Gasteiger partial charge in [-0.3, -0.25) is 9.59 Å². The fourth-order valence-electron chi connectivity index (χ4n) is 6.39. The number of Topliss-reactive ketones (excluding diaryl/α,β-unsaturated/α-hetero) is 2. The highest BCUT2D eigenvalue weighted by atomic mass is 32.1. The number of nitrogens with zero attached hydrogens (tertiary/aromatic N) is 6. The molecule has 2 aliphatic rings. The molecule has 3 aromatic carbocycles. The Labute approximate surface area is 302 Å². The summed E-state index contributed by atoms with van der Waals surface area (Å²) < 4.78 is 9.26. The summed E-state index contributed by atoms with van der Waals surface area (Å²) in [5, 5.41) is 38.6. The summed E-state index contributed by atoms with van der Waals surface area (Å²) in [6, 6.07) is 33.4. The summed E-state index contributed by atoms with van der Waals surface area (Å²) in [6.07, 6.45) is 3.47. The number of carbonyl (C=O) groups excluding carboxylic acids is 2. The van der Waals surface area contributed by atoms with E-state index < -0.39 is 0 Å². The molecule has 6 aromatic rings. The van der Waals surface area contributed by atoms with E-state index >= 15 is 0 Å². The van der Waals surface area contributed by atoms with Crippen molar-refractivity contribution in [2.45, 2.75) is 0 Å². The summed E-state index contributed by atoms with van der Waals surface area (Å²) in [4.78, 5) is 30.2. The Morgan fingerprint density at radius 1 is 0.510 bits per heavy atom. The van der Waals surface area contributed by atoms with Crippen LogP contribution in [0.5, 0.6) is 0 Å². The fraction of sp³-hybridized carbons (Fsp3) is 0. The maximum Gasteiger partial charge on any atom is 0.194 e. The van der Waals surface area contributed by atoms with Crippen LogP contribution < -0.4 is 0 Å². The topological polar surface area (TPSA) is 155 Å². The van der Waals surface area contributed by atoms with E-state index in [1.807, 2.05) is 60.7 Å². The number of hydrogen-bond donors (Lipinski definition) is 0. The van der Waals surface area contributed by atoms with Gasteiger partial charge in [-0.2, -0.15) is 29.8 Å². The highest BCUT2D eigenvalue weighted by molar-refractivity contribution is 7.17. The molecule has 0 unspecified atom stereocenters. The van der Waals surface area contributed by atoms with Crippen LogP contribution in [0, 0.1) is 45.3 Å². The molecule has 0 atom stereocenters. The molecule has 0 spiro atoms. The van der Waals surface area contributed by atoms with Crippen LogP contribution in [0.15, 0.2) is 107 Å². The molecule has 236 valence electrons. The first-order chi connectivity index (χ1) is 24.9. The van der Waals surface area contributed by atoms with Crippen molar-refractivity contribution in [1.82, 2.24) is 8.75 Å². The Kier molecular flexibility index (Phi) is 7.73. The van der Waals surface area contributed by atoms with Crippen LogP contribution in [-0.2, 0) is 0 Å². The average Bonchev–Trinajstić information content (AvgIpc) is 4.01. The Morgan fingerprint density at radius 2 is 0.902 bits per heavy atom. The number of hydrogen-bond acceptors (Lipinski definition) is 11. The molecule has 8 nitrogen and oxygen atoms in total. The predicted molar refractivity (Wildman–Crippen MR) is 198 cm³/mol. The van der Waals surface area contributed by atoms with E-state index in [2.05, 4.69) is 8.75 Å². The molecule has 3 heterocycles. The minimum absolute atomic E-state index is 0.110. The number of carbonyl (C=O) groups is 2. The van der Waals surface area contributed by atoms with Gasteiger partial charge in [-0.25, -0.2) is 0 Å². The Morgan fingerprint density at radius 3 is 1.29 bits per heavy atom. The minimum Gasteiger partial charge on any atom is -0.289 e. The lowest BCUT2D eigenvalue weighted by Gasteiger charge is -2.04. The molecule has 3 aromatic heterocycles. The number of rotatable bonds is 4. The van der Waals surface area contributed by atoms with Crippen LogP contribution in [0.4, 0.5) is 0 Å². The van der Waals surface area contributed by atoms with Crippen molar-refractivity contribution in [3.8, 4) is 45.2 Å². The van der Waals surface area contributed by atoms with Gasteiger partial charge in [0.2, 0.25) is 0 Å². The highest BCUT2D eigenvalue weighted by Gasteiger charge is 2.33. The molecule has 11 heteroatoms. The zero-order valence-electron chi connectivity index (χ0n) is 26.0. The van der Waals surface area contributed by atoms with Crippen molar-refractivity contribution < 1.29 is 9.59 Å². The standard InChI is InChI=1S/C40H16N6O2S3/c41-17-21(18-42)35-25-5-1-3-7-27(25)39(47)31(35)15-23-9-13-33(49-23)29-11-12-30(38-37(29)45-51-46-38)34-14-10-24(50-34)16-32-36(22(19-43)20-44)26-6-2-4-8-28(26)40(32)48/h1-16H/b31-15-,32-16-. The van der Waals surface area contributed by atoms with Crippen molar-refractivity contribution in [3.63, 3.8) is 0 Å². The molecular weight excluding hydrogens is 693 g/mol. The average molecular weight is 709 g/mol. The maximum atomic E-state index is 13.4. The van der Waals surface area contributed by atoms with Gasteiger partial charge in [-0.05, 0) is 47.5 Å². The first kappa shape index (κ1) is 31.4. The van der Waals surface area contributed by atoms with Gasteiger partial charge in [-0.15, -0.1) is 22.7 Å². The Bertz CT molecular complexity index is 2630. The third-order valence-electron chi connectivity index (χ3n) is 8.63. The van der Waals surface area contributed by atoms with Crippen molar-refractivity contribution in [3.05, 3.63) is 139 Å². The van der Waals surface area contributed by atoms with E-state index in [0.29, 0.717) is 55.6 Å². The summed E-state index contributed by atoms with van der Waals surface area (Å²) in [5.41, 5.74) is 6.34. The van der Waals surface area contributed by atoms with Crippen LogP contribution in [0.2, 0.25) is 0 Å². The predicted octanol–water partition coefficient (Wildman–Crippen LogP) is 9.31. The summed E-state index contributed by atoms with van der Waals surface area (Å²) in [6.45, 7) is 0. The SMILES string of the molecule is N#CC(C#N)=C1/C(=C/c2ccc(-c3ccc(-c4ccc(/C=C5\C(=O)c6ccccc6C5=C(C#N)C#N)s4)c4nsnc34)s2)C(=O)c2ccccc21. The number of aromatic nitrogens is 2. The van der Waals surface area contributed by atoms with Crippen molar-refractivity contribution >= 4 is 80.3 Å². The summed E-state index contributed by atoms with van der Waals surface area (Å²) in [5.74, 6) is -0.464. The smallest absolute Gasteiger partial charge is 0.194 e. The van der Waals surface area contributed by atoms with Crippen LogP contribution in [0.3, 0.4) is 0 Å². The lowest BCUT2D eigenvalue weighted by Crippen LogP contribution is -1.95. The summed E-state index contributed by atoms with van der Waals surface area (Å²) in [7, 11) is 0. The quantitative estimate of drug-likeness (QED) is 0.130. The molecule has 2 aliphatic carbocycles. The molecule has 0 N–H and O–H groups in total.